The fourth-order valence-electron chi connectivity index (χ4n) is 4.63. The number of tetrazole rings is 1. The number of nitrogen functional groups attached to an aromatic ring is 1. The van der Waals surface area contributed by atoms with Crippen molar-refractivity contribution in [2.75, 3.05) is 37.9 Å². The van der Waals surface area contributed by atoms with Crippen molar-refractivity contribution in [1.82, 2.24) is 40.3 Å². The summed E-state index contributed by atoms with van der Waals surface area (Å²) in [4.78, 5) is 59.4. The number of thioether (sulfide) groups is 2. The number of nitrogens with one attached hydrogen (secondary N) is 1. The van der Waals surface area contributed by atoms with Gasteiger partial charge in [0, 0.05) is 36.8 Å². The molecule has 2 aromatic heterocycles. The Kier molecular flexibility index (Phi) is 12.6. The smallest absolute Gasteiger partial charge is 0.358 e. The van der Waals surface area contributed by atoms with Gasteiger partial charge >= 0.3 is 11.9 Å². The van der Waals surface area contributed by atoms with Gasteiger partial charge in [0.1, 0.15) is 17.1 Å². The van der Waals surface area contributed by atoms with E-state index in [-0.39, 0.29) is 24.4 Å². The Balaban J connectivity index is 1.46. The maximum absolute atomic E-state index is 13.6. The second kappa shape index (κ2) is 16.4. The van der Waals surface area contributed by atoms with Gasteiger partial charge in [0.05, 0.1) is 18.7 Å². The standard InChI is InChI=1S/C27H39N9O6S3/c1-5-6-7-8-9-20(38)41-16(2)42-25(40)22-17(14-45-27-31-32-33-35(27)11-10-34(3)4)13-43-24-21(23(39)36(22)24)30-19(37)12-18-15-44-26(28)29-18/h15-16,21,24H,5-14H2,1-4H3,(H2,28,29)(H,30,37)/t16?,21-,24-/m1/s1. The van der Waals surface area contributed by atoms with Gasteiger partial charge < -0.3 is 25.4 Å². The van der Waals surface area contributed by atoms with Crippen LogP contribution in [0.5, 0.6) is 0 Å². The van der Waals surface area contributed by atoms with Crippen molar-refractivity contribution in [3.8, 4) is 0 Å². The zero-order chi connectivity index (χ0) is 32.5. The summed E-state index contributed by atoms with van der Waals surface area (Å²) in [6, 6.07) is -0.827. The summed E-state index contributed by atoms with van der Waals surface area (Å²) in [5, 5.41) is 16.8. The number of hydrogen-bond acceptors (Lipinski definition) is 15. The molecule has 3 N–H and O–H groups in total. The number of nitrogens with zero attached hydrogens (tertiary/aromatic N) is 7. The van der Waals surface area contributed by atoms with Crippen LogP contribution in [0.3, 0.4) is 0 Å². The Hall–Kier alpha value is -3.22. The molecular weight excluding hydrogens is 643 g/mol. The molecule has 2 aromatic rings. The molecule has 18 heteroatoms. The van der Waals surface area contributed by atoms with Crippen molar-refractivity contribution in [2.45, 2.75) is 81.8 Å². The minimum Gasteiger partial charge on any atom is -0.425 e. The Morgan fingerprint density at radius 2 is 2.04 bits per heavy atom. The van der Waals surface area contributed by atoms with E-state index in [1.54, 1.807) is 10.1 Å². The van der Waals surface area contributed by atoms with Gasteiger partial charge in [0.2, 0.25) is 17.4 Å². The summed E-state index contributed by atoms with van der Waals surface area (Å²) in [6.07, 6.45) is 2.73. The topological polar surface area (TPSA) is 188 Å². The van der Waals surface area contributed by atoms with Crippen LogP contribution in [0.25, 0.3) is 0 Å². The monoisotopic (exact) mass is 681 g/mol. The van der Waals surface area contributed by atoms with Gasteiger partial charge in [-0.3, -0.25) is 19.3 Å². The molecule has 0 aromatic carbocycles. The van der Waals surface area contributed by atoms with Crippen molar-refractivity contribution in [1.29, 1.82) is 0 Å². The van der Waals surface area contributed by atoms with Crippen LogP contribution in [0.1, 0.15) is 51.6 Å². The fourth-order valence-corrected chi connectivity index (χ4v) is 7.58. The quantitative estimate of drug-likeness (QED) is 0.0807. The number of esters is 2. The lowest BCUT2D eigenvalue weighted by Crippen LogP contribution is -2.70. The minimum atomic E-state index is -1.15. The number of anilines is 1. The predicted molar refractivity (Wildman–Crippen MR) is 170 cm³/mol. The zero-order valence-electron chi connectivity index (χ0n) is 25.8. The number of carbonyl (C=O) groups excluding carboxylic acids is 4. The predicted octanol–water partition coefficient (Wildman–Crippen LogP) is 1.67. The Bertz CT molecular complexity index is 1400. The van der Waals surface area contributed by atoms with E-state index >= 15 is 0 Å². The highest BCUT2D eigenvalue weighted by Gasteiger charge is 2.54. The number of likely N-dealkylation sites (N-methyl/N-ethyl adjacent to an activating group) is 1. The number of unbranched alkanes of at least 4 members (excludes halogenated alkanes) is 3. The first-order valence-corrected chi connectivity index (χ1v) is 17.6. The number of thiazole rings is 1. The molecule has 0 aliphatic carbocycles. The SMILES string of the molecule is CCCCCCC(=O)OC(C)OC(=O)C1=C(CSc2nnnn2CCN(C)C)CS[C@@H]2[C@H](NC(=O)Cc3csc(N)n3)C(=O)N12. The Morgan fingerprint density at radius 1 is 1.24 bits per heavy atom. The molecule has 1 unspecified atom stereocenters. The number of ether oxygens (including phenoxy) is 2. The van der Waals surface area contributed by atoms with Crippen molar-refractivity contribution >= 4 is 63.7 Å². The average Bonchev–Trinajstić information content (AvgIpc) is 3.62. The normalized spacial score (nSPS) is 18.4. The van der Waals surface area contributed by atoms with Crippen molar-refractivity contribution < 1.29 is 28.7 Å². The van der Waals surface area contributed by atoms with Crippen LogP contribution >= 0.6 is 34.9 Å². The molecule has 2 amide bonds. The van der Waals surface area contributed by atoms with Gasteiger partial charge in [0.25, 0.3) is 5.91 Å². The van der Waals surface area contributed by atoms with Crippen LogP contribution in [-0.2, 0) is 41.6 Å². The van der Waals surface area contributed by atoms with Gasteiger partial charge in [-0.05, 0) is 36.5 Å². The van der Waals surface area contributed by atoms with E-state index in [1.165, 1.54) is 46.7 Å². The largest absolute Gasteiger partial charge is 0.425 e. The molecule has 3 atom stereocenters. The summed E-state index contributed by atoms with van der Waals surface area (Å²) < 4.78 is 12.5. The van der Waals surface area contributed by atoms with Crippen molar-refractivity contribution in [3.63, 3.8) is 0 Å². The molecule has 45 heavy (non-hydrogen) atoms. The summed E-state index contributed by atoms with van der Waals surface area (Å²) in [7, 11) is 3.91. The molecule has 0 bridgehead atoms. The number of rotatable bonds is 17. The first-order chi connectivity index (χ1) is 21.6. The molecule has 1 fully saturated rings. The first kappa shape index (κ1) is 34.6. The van der Waals surface area contributed by atoms with Crippen LogP contribution in [0.15, 0.2) is 21.8 Å². The van der Waals surface area contributed by atoms with Crippen LogP contribution in [0, 0.1) is 0 Å². The second-order valence-corrected chi connectivity index (χ2v) is 13.7. The number of amides is 2. The average molecular weight is 682 g/mol. The number of β-lactam (4-membered cyclic amide) rings is 1. The van der Waals surface area contributed by atoms with Gasteiger partial charge in [-0.2, -0.15) is 0 Å². The highest BCUT2D eigenvalue weighted by Crippen LogP contribution is 2.42. The summed E-state index contributed by atoms with van der Waals surface area (Å²) >= 11 is 4.00. The Labute approximate surface area is 274 Å². The molecule has 15 nitrogen and oxygen atoms in total. The molecule has 0 saturated carbocycles. The van der Waals surface area contributed by atoms with Gasteiger partial charge in [-0.1, -0.05) is 37.9 Å². The van der Waals surface area contributed by atoms with Crippen LogP contribution in [-0.4, -0.2) is 109 Å². The first-order valence-electron chi connectivity index (χ1n) is 14.7. The van der Waals surface area contributed by atoms with Crippen LogP contribution < -0.4 is 11.1 Å². The molecule has 246 valence electrons. The Morgan fingerprint density at radius 3 is 2.76 bits per heavy atom. The third-order valence-corrected chi connectivity index (χ3v) is 10.0. The molecule has 4 heterocycles. The van der Waals surface area contributed by atoms with E-state index in [1.807, 2.05) is 19.0 Å². The van der Waals surface area contributed by atoms with E-state index in [2.05, 4.69) is 32.7 Å². The van der Waals surface area contributed by atoms with E-state index in [4.69, 9.17) is 15.2 Å². The maximum atomic E-state index is 13.6. The van der Waals surface area contributed by atoms with E-state index in [0.717, 1.165) is 25.8 Å². The molecule has 0 radical (unpaired) electrons. The van der Waals surface area contributed by atoms with Gasteiger partial charge in [-0.25, -0.2) is 14.5 Å². The van der Waals surface area contributed by atoms with Gasteiger partial charge in [-0.15, -0.1) is 28.2 Å². The van der Waals surface area contributed by atoms with E-state index in [9.17, 15) is 19.2 Å². The number of nitrogens with two attached hydrogens (primary N) is 1. The molecular formula is C27H39N9O6S3. The van der Waals surface area contributed by atoms with E-state index < -0.39 is 35.6 Å². The highest BCUT2D eigenvalue weighted by molar-refractivity contribution is 8.01. The van der Waals surface area contributed by atoms with Crippen molar-refractivity contribution in [3.05, 3.63) is 22.3 Å². The third kappa shape index (κ3) is 9.40. The third-order valence-electron chi connectivity index (χ3n) is 6.91. The number of aromatic nitrogens is 5. The lowest BCUT2D eigenvalue weighted by molar-refractivity contribution is -0.184. The zero-order valence-corrected chi connectivity index (χ0v) is 28.2. The molecule has 2 aliphatic heterocycles. The number of fused-ring (bicyclic) bond motifs is 1. The summed E-state index contributed by atoms with van der Waals surface area (Å²) in [5.74, 6) is -1.36. The maximum Gasteiger partial charge on any atom is 0.358 e. The number of hydrogen-bond donors (Lipinski definition) is 2. The van der Waals surface area contributed by atoms with Crippen molar-refractivity contribution in [2.24, 2.45) is 0 Å². The molecule has 2 aliphatic rings. The summed E-state index contributed by atoms with van der Waals surface area (Å²) in [5.41, 5.74) is 6.89. The molecule has 1 saturated heterocycles. The summed E-state index contributed by atoms with van der Waals surface area (Å²) in [6.45, 7) is 4.86. The van der Waals surface area contributed by atoms with Crippen LogP contribution in [0.4, 0.5) is 5.13 Å². The number of carbonyl (C=O) groups is 4. The highest BCUT2D eigenvalue weighted by atomic mass is 32.2. The lowest BCUT2D eigenvalue weighted by atomic mass is 10.0. The fraction of sp³-hybridized carbons (Fsp3) is 0.630. The van der Waals surface area contributed by atoms with E-state index in [0.29, 0.717) is 46.0 Å². The van der Waals surface area contributed by atoms with Crippen LogP contribution in [0.2, 0.25) is 0 Å². The van der Waals surface area contributed by atoms with Gasteiger partial charge in [0.15, 0.2) is 5.13 Å². The lowest BCUT2D eigenvalue weighted by Gasteiger charge is -2.49. The molecule has 4 rings (SSSR count). The second-order valence-electron chi connectivity index (χ2n) is 10.8. The molecule has 0 spiro atoms. The minimum absolute atomic E-state index is 0.0225.